The van der Waals surface area contributed by atoms with Crippen molar-refractivity contribution in [2.45, 2.75) is 17.4 Å². The monoisotopic (exact) mass is 427 g/mol. The number of rotatable bonds is 6. The van der Waals surface area contributed by atoms with E-state index in [4.69, 9.17) is 22.2 Å². The minimum Gasteiger partial charge on any atom is -0.368 e. The van der Waals surface area contributed by atoms with Gasteiger partial charge in [0.15, 0.2) is 0 Å². The first kappa shape index (κ1) is 20.5. The van der Waals surface area contributed by atoms with Crippen LogP contribution in [0.4, 0.5) is 10.1 Å². The molecule has 1 unspecified atom stereocenters. The SMILES string of the molecule is CON(C1CCN(c2cc(F)ccc2Cl)C1)S(=O)(=O)c1ccccc1C(N)=O. The molecule has 2 N–H and O–H groups in total. The molecule has 0 bridgehead atoms. The number of hydrogen-bond acceptors (Lipinski definition) is 5. The maximum Gasteiger partial charge on any atom is 0.266 e. The van der Waals surface area contributed by atoms with Crippen molar-refractivity contribution in [1.82, 2.24) is 4.47 Å². The molecule has 0 radical (unpaired) electrons. The molecular weight excluding hydrogens is 409 g/mol. The van der Waals surface area contributed by atoms with Gasteiger partial charge in [-0.15, -0.1) is 0 Å². The van der Waals surface area contributed by atoms with Gasteiger partial charge in [-0.05, 0) is 36.8 Å². The highest BCUT2D eigenvalue weighted by Gasteiger charge is 2.38. The van der Waals surface area contributed by atoms with Gasteiger partial charge < -0.3 is 10.6 Å². The highest BCUT2D eigenvalue weighted by Crippen LogP contribution is 2.32. The Labute approximate surface area is 167 Å². The summed E-state index contributed by atoms with van der Waals surface area (Å²) < 4.78 is 40.7. The topological polar surface area (TPSA) is 92.9 Å². The molecule has 0 aliphatic carbocycles. The number of halogens is 2. The third-order valence-electron chi connectivity index (χ3n) is 4.56. The minimum atomic E-state index is -4.16. The van der Waals surface area contributed by atoms with E-state index in [9.17, 15) is 17.6 Å². The summed E-state index contributed by atoms with van der Waals surface area (Å²) in [6.45, 7) is 0.704. The molecule has 0 aromatic heterocycles. The summed E-state index contributed by atoms with van der Waals surface area (Å²) >= 11 is 6.16. The third-order valence-corrected chi connectivity index (χ3v) is 6.71. The molecule has 1 fully saturated rings. The van der Waals surface area contributed by atoms with Crippen molar-refractivity contribution in [2.75, 3.05) is 25.1 Å². The van der Waals surface area contributed by atoms with Crippen LogP contribution in [0.25, 0.3) is 0 Å². The molecule has 2 aromatic rings. The first-order chi connectivity index (χ1) is 13.3. The lowest BCUT2D eigenvalue weighted by atomic mass is 10.2. The van der Waals surface area contributed by atoms with Gasteiger partial charge in [0.05, 0.1) is 34.3 Å². The van der Waals surface area contributed by atoms with Crippen LogP contribution >= 0.6 is 11.6 Å². The number of nitrogens with two attached hydrogens (primary N) is 1. The number of anilines is 1. The number of nitrogens with zero attached hydrogens (tertiary/aromatic N) is 2. The number of hydroxylamine groups is 1. The van der Waals surface area contributed by atoms with Crippen molar-refractivity contribution in [3.05, 3.63) is 58.9 Å². The van der Waals surface area contributed by atoms with Crippen LogP contribution in [-0.2, 0) is 14.9 Å². The fourth-order valence-corrected chi connectivity index (χ4v) is 5.19. The number of benzene rings is 2. The second-order valence-corrected chi connectivity index (χ2v) is 8.44. The Hall–Kier alpha value is -2.20. The molecule has 1 aliphatic heterocycles. The van der Waals surface area contributed by atoms with Gasteiger partial charge >= 0.3 is 0 Å². The van der Waals surface area contributed by atoms with Gasteiger partial charge in [-0.3, -0.25) is 9.63 Å². The Morgan fingerprint density at radius 2 is 2.04 bits per heavy atom. The Morgan fingerprint density at radius 1 is 1.32 bits per heavy atom. The molecule has 0 spiro atoms. The molecule has 0 saturated carbocycles. The maximum atomic E-state index is 13.6. The van der Waals surface area contributed by atoms with Crippen molar-refractivity contribution < 1.29 is 22.4 Å². The second kappa shape index (κ2) is 8.04. The van der Waals surface area contributed by atoms with Gasteiger partial charge in [0, 0.05) is 13.1 Å². The van der Waals surface area contributed by atoms with Crippen molar-refractivity contribution in [3.8, 4) is 0 Å². The lowest BCUT2D eigenvalue weighted by Gasteiger charge is -2.27. The highest BCUT2D eigenvalue weighted by atomic mass is 35.5. The largest absolute Gasteiger partial charge is 0.368 e. The highest BCUT2D eigenvalue weighted by molar-refractivity contribution is 7.89. The van der Waals surface area contributed by atoms with Crippen LogP contribution in [0.1, 0.15) is 16.8 Å². The van der Waals surface area contributed by atoms with Gasteiger partial charge in [0.25, 0.3) is 10.0 Å². The summed E-state index contributed by atoms with van der Waals surface area (Å²) in [4.78, 5) is 18.4. The second-order valence-electron chi connectivity index (χ2n) is 6.29. The van der Waals surface area contributed by atoms with E-state index in [1.54, 1.807) is 4.90 Å². The van der Waals surface area contributed by atoms with Gasteiger partial charge in [-0.2, -0.15) is 0 Å². The Kier molecular flexibility index (Phi) is 5.90. The van der Waals surface area contributed by atoms with E-state index < -0.39 is 27.8 Å². The summed E-state index contributed by atoms with van der Waals surface area (Å²) in [5.74, 6) is -1.29. The third kappa shape index (κ3) is 3.83. The summed E-state index contributed by atoms with van der Waals surface area (Å²) in [6.07, 6.45) is 0.429. The molecule has 2 aromatic carbocycles. The van der Waals surface area contributed by atoms with Crippen LogP contribution in [0.3, 0.4) is 0 Å². The number of sulfonamides is 1. The van der Waals surface area contributed by atoms with Crippen LogP contribution in [-0.4, -0.2) is 45.0 Å². The average molecular weight is 428 g/mol. The van der Waals surface area contributed by atoms with Gasteiger partial charge in [0.1, 0.15) is 5.82 Å². The number of amides is 1. The van der Waals surface area contributed by atoms with Crippen molar-refractivity contribution >= 4 is 33.2 Å². The Bertz CT molecular complexity index is 1000. The van der Waals surface area contributed by atoms with Crippen molar-refractivity contribution in [1.29, 1.82) is 0 Å². The fraction of sp³-hybridized carbons (Fsp3) is 0.278. The van der Waals surface area contributed by atoms with Crippen LogP contribution in [0, 0.1) is 5.82 Å². The van der Waals surface area contributed by atoms with E-state index in [-0.39, 0.29) is 17.0 Å². The Balaban J connectivity index is 1.90. The zero-order valence-electron chi connectivity index (χ0n) is 15.0. The van der Waals surface area contributed by atoms with Gasteiger partial charge in [-0.1, -0.05) is 28.2 Å². The molecule has 150 valence electrons. The average Bonchev–Trinajstić information content (AvgIpc) is 3.13. The lowest BCUT2D eigenvalue weighted by molar-refractivity contribution is -0.0748. The van der Waals surface area contributed by atoms with Gasteiger partial charge in [0.2, 0.25) is 5.91 Å². The normalized spacial score (nSPS) is 17.3. The van der Waals surface area contributed by atoms with Crippen molar-refractivity contribution in [3.63, 3.8) is 0 Å². The summed E-state index contributed by atoms with van der Waals surface area (Å²) in [5.41, 5.74) is 5.68. The molecular formula is C18H19ClFN3O4S. The van der Waals surface area contributed by atoms with Crippen LogP contribution in [0.5, 0.6) is 0 Å². The molecule has 3 rings (SSSR count). The van der Waals surface area contributed by atoms with E-state index in [1.807, 2.05) is 0 Å². The van der Waals surface area contributed by atoms with Crippen LogP contribution in [0.15, 0.2) is 47.4 Å². The first-order valence-electron chi connectivity index (χ1n) is 8.43. The molecule has 1 heterocycles. The summed E-state index contributed by atoms with van der Waals surface area (Å²) in [7, 11) is -2.92. The van der Waals surface area contributed by atoms with E-state index in [0.717, 1.165) is 4.47 Å². The molecule has 10 heteroatoms. The van der Waals surface area contributed by atoms with E-state index >= 15 is 0 Å². The first-order valence-corrected chi connectivity index (χ1v) is 10.2. The summed E-state index contributed by atoms with van der Waals surface area (Å²) in [6, 6.07) is 9.13. The maximum absolute atomic E-state index is 13.6. The number of primary amides is 1. The number of carbonyl (C=O) groups excluding carboxylic acids is 1. The van der Waals surface area contributed by atoms with Crippen molar-refractivity contribution in [2.24, 2.45) is 5.73 Å². The summed E-state index contributed by atoms with van der Waals surface area (Å²) in [5, 5.41) is 0.368. The molecule has 28 heavy (non-hydrogen) atoms. The number of hydrogen-bond donors (Lipinski definition) is 1. The van der Waals surface area contributed by atoms with Crippen LogP contribution < -0.4 is 10.6 Å². The molecule has 1 amide bonds. The smallest absolute Gasteiger partial charge is 0.266 e. The van der Waals surface area contributed by atoms with Gasteiger partial charge in [-0.25, -0.2) is 12.8 Å². The zero-order chi connectivity index (χ0) is 20.5. The Morgan fingerprint density at radius 3 is 2.71 bits per heavy atom. The van der Waals surface area contributed by atoms with E-state index in [2.05, 4.69) is 0 Å². The molecule has 1 saturated heterocycles. The van der Waals surface area contributed by atoms with E-state index in [0.29, 0.717) is 23.7 Å². The fourth-order valence-electron chi connectivity index (χ4n) is 3.30. The van der Waals surface area contributed by atoms with E-state index in [1.165, 1.54) is 49.6 Å². The molecule has 1 aliphatic rings. The molecule has 7 nitrogen and oxygen atoms in total. The van der Waals surface area contributed by atoms with Crippen LogP contribution in [0.2, 0.25) is 5.02 Å². The zero-order valence-corrected chi connectivity index (χ0v) is 16.6. The quantitative estimate of drug-likeness (QED) is 0.714. The molecule has 1 atom stereocenters. The predicted octanol–water partition coefficient (Wildman–Crippen LogP) is 2.41. The predicted molar refractivity (Wildman–Crippen MR) is 103 cm³/mol. The lowest BCUT2D eigenvalue weighted by Crippen LogP contribution is -2.41. The number of carbonyl (C=O) groups is 1. The standard InChI is InChI=1S/C18H19ClFN3O4S/c1-27-23(28(25,26)17-5-3-2-4-14(17)18(21)24)13-8-9-22(11-13)16-10-12(20)6-7-15(16)19/h2-7,10,13H,8-9,11H2,1H3,(H2,21,24). The minimum absolute atomic E-state index is 0.118.